The van der Waals surface area contributed by atoms with E-state index >= 15 is 0 Å². The summed E-state index contributed by atoms with van der Waals surface area (Å²) in [6, 6.07) is 2.54. The van der Waals surface area contributed by atoms with Gasteiger partial charge in [-0.3, -0.25) is 0 Å². The Hall–Kier alpha value is -0.870. The average Bonchev–Trinajstić information content (AvgIpc) is 2.55. The summed E-state index contributed by atoms with van der Waals surface area (Å²) in [5, 5.41) is 7.27. The first-order valence-corrected chi connectivity index (χ1v) is 5.55. The minimum absolute atomic E-state index is 0.462. The number of nitrogens with one attached hydrogen (secondary N) is 1. The van der Waals surface area contributed by atoms with Crippen molar-refractivity contribution >= 4 is 0 Å². The number of ether oxygens (including phenoxy) is 1. The fraction of sp³-hybridized carbons (Fsp3) is 0.727. The van der Waals surface area contributed by atoms with Crippen molar-refractivity contribution in [2.24, 2.45) is 0 Å². The first-order valence-electron chi connectivity index (χ1n) is 5.55. The number of rotatable bonds is 5. The summed E-state index contributed by atoms with van der Waals surface area (Å²) in [5.41, 5.74) is 0.938. The molecule has 1 fully saturated rings. The van der Waals surface area contributed by atoms with Gasteiger partial charge in [0, 0.05) is 18.7 Å². The number of aryl methyl sites for hydroxylation is 1. The Morgan fingerprint density at radius 1 is 1.60 bits per heavy atom. The van der Waals surface area contributed by atoms with Crippen LogP contribution in [0.15, 0.2) is 10.6 Å². The second-order valence-corrected chi connectivity index (χ2v) is 4.06. The maximum Gasteiger partial charge on any atom is 0.150 e. The SMILES string of the molecule is CCOC1CC(NCc2cc(C)no2)C1. The van der Waals surface area contributed by atoms with Crippen molar-refractivity contribution in [3.8, 4) is 0 Å². The molecule has 1 aromatic rings. The molecule has 15 heavy (non-hydrogen) atoms. The minimum atomic E-state index is 0.462. The van der Waals surface area contributed by atoms with Crippen LogP contribution in [0.25, 0.3) is 0 Å². The molecule has 0 spiro atoms. The molecule has 1 aliphatic rings. The summed E-state index contributed by atoms with van der Waals surface area (Å²) < 4.78 is 10.6. The van der Waals surface area contributed by atoms with Gasteiger partial charge in [0.2, 0.25) is 0 Å². The lowest BCUT2D eigenvalue weighted by atomic mass is 9.89. The normalized spacial score (nSPS) is 25.2. The molecule has 2 rings (SSSR count). The number of hydrogen-bond acceptors (Lipinski definition) is 4. The zero-order valence-corrected chi connectivity index (χ0v) is 9.32. The first-order chi connectivity index (χ1) is 7.28. The maximum absolute atomic E-state index is 5.49. The lowest BCUT2D eigenvalue weighted by Gasteiger charge is -2.35. The Balaban J connectivity index is 1.64. The molecule has 1 heterocycles. The van der Waals surface area contributed by atoms with Gasteiger partial charge in [0.05, 0.1) is 18.3 Å². The smallest absolute Gasteiger partial charge is 0.150 e. The second kappa shape index (κ2) is 4.77. The summed E-state index contributed by atoms with van der Waals surface area (Å²) >= 11 is 0. The Morgan fingerprint density at radius 3 is 3.00 bits per heavy atom. The van der Waals surface area contributed by atoms with E-state index in [0.717, 1.165) is 37.4 Å². The average molecular weight is 210 g/mol. The minimum Gasteiger partial charge on any atom is -0.378 e. The van der Waals surface area contributed by atoms with Gasteiger partial charge in [-0.05, 0) is 26.7 Å². The van der Waals surface area contributed by atoms with Gasteiger partial charge in [0.25, 0.3) is 0 Å². The number of nitrogens with zero attached hydrogens (tertiary/aromatic N) is 1. The lowest BCUT2D eigenvalue weighted by molar-refractivity contribution is -0.0106. The van der Waals surface area contributed by atoms with Gasteiger partial charge in [-0.25, -0.2) is 0 Å². The van der Waals surface area contributed by atoms with E-state index in [1.165, 1.54) is 0 Å². The summed E-state index contributed by atoms with van der Waals surface area (Å²) in [5.74, 6) is 0.910. The molecule has 1 N–H and O–H groups in total. The summed E-state index contributed by atoms with van der Waals surface area (Å²) in [6.45, 7) is 5.56. The van der Waals surface area contributed by atoms with Crippen LogP contribution >= 0.6 is 0 Å². The maximum atomic E-state index is 5.49. The van der Waals surface area contributed by atoms with Gasteiger partial charge >= 0.3 is 0 Å². The molecule has 1 saturated carbocycles. The molecular formula is C11H18N2O2. The molecule has 0 aromatic carbocycles. The van der Waals surface area contributed by atoms with Crippen LogP contribution < -0.4 is 5.32 Å². The van der Waals surface area contributed by atoms with Gasteiger partial charge in [0.15, 0.2) is 5.76 Å². The quantitative estimate of drug-likeness (QED) is 0.802. The molecule has 0 saturated heterocycles. The lowest BCUT2D eigenvalue weighted by Crippen LogP contribution is -2.45. The van der Waals surface area contributed by atoms with Crippen LogP contribution in [-0.2, 0) is 11.3 Å². The molecule has 0 radical (unpaired) electrons. The molecule has 0 unspecified atom stereocenters. The van der Waals surface area contributed by atoms with Crippen molar-refractivity contribution in [1.82, 2.24) is 10.5 Å². The Bertz CT molecular complexity index is 305. The molecule has 1 aromatic heterocycles. The van der Waals surface area contributed by atoms with E-state index in [1.807, 2.05) is 19.9 Å². The van der Waals surface area contributed by atoms with E-state index in [1.54, 1.807) is 0 Å². The second-order valence-electron chi connectivity index (χ2n) is 4.06. The molecular weight excluding hydrogens is 192 g/mol. The Kier molecular flexibility index (Phi) is 3.38. The van der Waals surface area contributed by atoms with Crippen molar-refractivity contribution in [2.75, 3.05) is 6.61 Å². The highest BCUT2D eigenvalue weighted by molar-refractivity contribution is 5.03. The fourth-order valence-electron chi connectivity index (χ4n) is 1.85. The molecule has 4 nitrogen and oxygen atoms in total. The highest BCUT2D eigenvalue weighted by Crippen LogP contribution is 2.23. The third kappa shape index (κ3) is 2.79. The number of hydrogen-bond donors (Lipinski definition) is 1. The molecule has 0 bridgehead atoms. The zero-order chi connectivity index (χ0) is 10.7. The predicted molar refractivity (Wildman–Crippen MR) is 56.5 cm³/mol. The third-order valence-electron chi connectivity index (χ3n) is 2.74. The Morgan fingerprint density at radius 2 is 2.40 bits per heavy atom. The zero-order valence-electron chi connectivity index (χ0n) is 9.32. The standard InChI is InChI=1S/C11H18N2O2/c1-3-14-10-5-9(6-10)12-7-11-4-8(2)13-15-11/h4,9-10,12H,3,5-7H2,1-2H3. The van der Waals surface area contributed by atoms with Gasteiger partial charge in [-0.15, -0.1) is 0 Å². The van der Waals surface area contributed by atoms with E-state index in [0.29, 0.717) is 12.1 Å². The van der Waals surface area contributed by atoms with Crippen molar-refractivity contribution in [2.45, 2.75) is 45.4 Å². The van der Waals surface area contributed by atoms with E-state index in [9.17, 15) is 0 Å². The largest absolute Gasteiger partial charge is 0.378 e. The van der Waals surface area contributed by atoms with Gasteiger partial charge < -0.3 is 14.6 Å². The molecule has 1 aliphatic carbocycles. The van der Waals surface area contributed by atoms with Crippen LogP contribution in [0.1, 0.15) is 31.2 Å². The van der Waals surface area contributed by atoms with Gasteiger partial charge in [-0.1, -0.05) is 5.16 Å². The van der Waals surface area contributed by atoms with Crippen LogP contribution in [-0.4, -0.2) is 23.9 Å². The van der Waals surface area contributed by atoms with Crippen molar-refractivity contribution < 1.29 is 9.26 Å². The van der Waals surface area contributed by atoms with Crippen molar-refractivity contribution in [3.63, 3.8) is 0 Å². The molecule has 84 valence electrons. The predicted octanol–water partition coefficient (Wildman–Crippen LogP) is 1.64. The van der Waals surface area contributed by atoms with Crippen LogP contribution in [0, 0.1) is 6.92 Å². The highest BCUT2D eigenvalue weighted by atomic mass is 16.5. The fourth-order valence-corrected chi connectivity index (χ4v) is 1.85. The third-order valence-corrected chi connectivity index (χ3v) is 2.74. The van der Waals surface area contributed by atoms with Crippen LogP contribution in [0.3, 0.4) is 0 Å². The first kappa shape index (κ1) is 10.6. The summed E-state index contributed by atoms with van der Waals surface area (Å²) in [4.78, 5) is 0. The number of aromatic nitrogens is 1. The van der Waals surface area contributed by atoms with Crippen LogP contribution in [0.4, 0.5) is 0 Å². The molecule has 0 amide bonds. The molecule has 0 atom stereocenters. The van der Waals surface area contributed by atoms with Crippen LogP contribution in [0.5, 0.6) is 0 Å². The van der Waals surface area contributed by atoms with Crippen molar-refractivity contribution in [3.05, 3.63) is 17.5 Å². The van der Waals surface area contributed by atoms with Gasteiger partial charge in [-0.2, -0.15) is 0 Å². The van der Waals surface area contributed by atoms with E-state index in [4.69, 9.17) is 9.26 Å². The highest BCUT2D eigenvalue weighted by Gasteiger charge is 2.28. The topological polar surface area (TPSA) is 47.3 Å². The molecule has 0 aliphatic heterocycles. The summed E-state index contributed by atoms with van der Waals surface area (Å²) in [6.07, 6.45) is 2.69. The summed E-state index contributed by atoms with van der Waals surface area (Å²) in [7, 11) is 0. The van der Waals surface area contributed by atoms with Crippen molar-refractivity contribution in [1.29, 1.82) is 0 Å². The van der Waals surface area contributed by atoms with E-state index in [-0.39, 0.29) is 0 Å². The molecule has 4 heteroatoms. The van der Waals surface area contributed by atoms with E-state index in [2.05, 4.69) is 10.5 Å². The van der Waals surface area contributed by atoms with E-state index < -0.39 is 0 Å². The monoisotopic (exact) mass is 210 g/mol. The van der Waals surface area contributed by atoms with Crippen LogP contribution in [0.2, 0.25) is 0 Å². The van der Waals surface area contributed by atoms with Gasteiger partial charge in [0.1, 0.15) is 0 Å². The Labute approximate surface area is 90.0 Å².